The Morgan fingerprint density at radius 2 is 1.48 bits per heavy atom. The van der Waals surface area contributed by atoms with E-state index in [1.807, 2.05) is 6.07 Å². The topological polar surface area (TPSA) is 82.0 Å². The highest BCUT2D eigenvalue weighted by Crippen LogP contribution is 2.21. The first-order valence-corrected chi connectivity index (χ1v) is 7.74. The van der Waals surface area contributed by atoms with Crippen molar-refractivity contribution >= 4 is 23.7 Å². The molecule has 0 aliphatic carbocycles. The number of nitrogens with zero attached hydrogens (tertiary/aromatic N) is 1. The summed E-state index contributed by atoms with van der Waals surface area (Å²) in [6.45, 7) is 10.2. The lowest BCUT2D eigenvalue weighted by molar-refractivity contribution is -0.142. The predicted molar refractivity (Wildman–Crippen MR) is 93.1 cm³/mol. The third-order valence-electron chi connectivity index (χ3n) is 3.23. The van der Waals surface area contributed by atoms with Crippen molar-refractivity contribution in [2.45, 2.75) is 38.9 Å². The molecule has 1 aromatic rings. The molecule has 2 atom stereocenters. The highest BCUT2D eigenvalue weighted by molar-refractivity contribution is 5.81. The van der Waals surface area contributed by atoms with Crippen LogP contribution in [-0.2, 0) is 36.7 Å². The summed E-state index contributed by atoms with van der Waals surface area (Å²) in [5.74, 6) is -1.00. The summed E-state index contributed by atoms with van der Waals surface area (Å²) in [6.07, 6.45) is 3.85. The van der Waals surface area contributed by atoms with Crippen LogP contribution in [0, 0.1) is 0 Å². The van der Waals surface area contributed by atoms with Gasteiger partial charge in [-0.05, 0) is 37.1 Å². The lowest BCUT2D eigenvalue weighted by Gasteiger charge is -2.15. The fourth-order valence-electron chi connectivity index (χ4n) is 2.34. The van der Waals surface area contributed by atoms with Crippen LogP contribution in [0.2, 0.25) is 0 Å². The van der Waals surface area contributed by atoms with Gasteiger partial charge in [0.1, 0.15) is 12.2 Å². The van der Waals surface area contributed by atoms with Gasteiger partial charge in [0.25, 0.3) is 0 Å². The Balaban J connectivity index is 2.94. The number of hydrogen-bond donors (Lipinski definition) is 0. The Morgan fingerprint density at radius 3 is 1.84 bits per heavy atom. The quantitative estimate of drug-likeness (QED) is 0.298. The van der Waals surface area contributed by atoms with Crippen molar-refractivity contribution in [3.63, 3.8) is 0 Å². The van der Waals surface area contributed by atoms with Gasteiger partial charge in [0.15, 0.2) is 0 Å². The summed E-state index contributed by atoms with van der Waals surface area (Å²) in [7, 11) is 0. The zero-order valence-electron chi connectivity index (χ0n) is 14.4. The first-order chi connectivity index (χ1) is 11.9. The van der Waals surface area contributed by atoms with E-state index < -0.39 is 11.9 Å². The third-order valence-corrected chi connectivity index (χ3v) is 3.23. The van der Waals surface area contributed by atoms with Gasteiger partial charge in [0.05, 0.1) is 5.69 Å². The average Bonchev–Trinajstić information content (AvgIpc) is 2.54. The van der Waals surface area contributed by atoms with Crippen molar-refractivity contribution < 1.29 is 23.9 Å². The Labute approximate surface area is 146 Å². The number of aliphatic imine (C=N–C) groups is 1. The second-order valence-corrected chi connectivity index (χ2v) is 5.52. The van der Waals surface area contributed by atoms with E-state index in [9.17, 15) is 14.4 Å². The summed E-state index contributed by atoms with van der Waals surface area (Å²) >= 11 is 0. The van der Waals surface area contributed by atoms with Crippen LogP contribution in [-0.4, -0.2) is 30.2 Å². The van der Waals surface area contributed by atoms with Gasteiger partial charge in [-0.25, -0.2) is 14.4 Å². The molecule has 0 aliphatic rings. The summed E-state index contributed by atoms with van der Waals surface area (Å²) in [5, 5.41) is 0. The van der Waals surface area contributed by atoms with Crippen LogP contribution in [0.25, 0.3) is 0 Å². The van der Waals surface area contributed by atoms with Crippen LogP contribution in [0.15, 0.2) is 48.5 Å². The van der Waals surface area contributed by atoms with Gasteiger partial charge in [-0.3, -0.25) is 0 Å². The molecule has 0 amide bonds. The van der Waals surface area contributed by atoms with Crippen LogP contribution >= 0.6 is 0 Å². The Morgan fingerprint density at radius 1 is 1.04 bits per heavy atom. The first kappa shape index (κ1) is 20.1. The molecule has 0 spiro atoms. The monoisotopic (exact) mass is 343 g/mol. The van der Waals surface area contributed by atoms with Gasteiger partial charge >= 0.3 is 11.9 Å². The van der Waals surface area contributed by atoms with Crippen LogP contribution in [0.1, 0.15) is 25.0 Å². The molecule has 0 bridgehead atoms. The highest BCUT2D eigenvalue weighted by Gasteiger charge is 2.12. The van der Waals surface area contributed by atoms with Crippen LogP contribution in [0.5, 0.6) is 0 Å². The molecule has 0 radical (unpaired) electrons. The van der Waals surface area contributed by atoms with Gasteiger partial charge in [0.2, 0.25) is 6.08 Å². The number of carbonyl (C=O) groups is 2. The average molecular weight is 343 g/mol. The second kappa shape index (κ2) is 10.0. The Bertz CT molecular complexity index is 656. The van der Waals surface area contributed by atoms with E-state index in [-0.39, 0.29) is 12.2 Å². The summed E-state index contributed by atoms with van der Waals surface area (Å²) in [5.41, 5.74) is 2.10. The van der Waals surface area contributed by atoms with E-state index in [1.165, 1.54) is 6.08 Å². The Hall–Kier alpha value is -2.98. The fraction of sp³-hybridized carbons (Fsp3) is 0.316. The van der Waals surface area contributed by atoms with E-state index in [0.29, 0.717) is 18.5 Å². The highest BCUT2D eigenvalue weighted by atomic mass is 16.5. The number of ether oxygens (including phenoxy) is 2. The molecule has 132 valence electrons. The molecule has 2 unspecified atom stereocenters. The molecule has 25 heavy (non-hydrogen) atoms. The fourth-order valence-corrected chi connectivity index (χ4v) is 2.34. The molecule has 6 heteroatoms. The largest absolute Gasteiger partial charge is 0.459 e. The van der Waals surface area contributed by atoms with Gasteiger partial charge < -0.3 is 9.47 Å². The maximum Gasteiger partial charge on any atom is 0.330 e. The van der Waals surface area contributed by atoms with Crippen molar-refractivity contribution in [1.82, 2.24) is 0 Å². The van der Waals surface area contributed by atoms with Crippen molar-refractivity contribution in [1.29, 1.82) is 0 Å². The predicted octanol–water partition coefficient (Wildman–Crippen LogP) is 2.97. The summed E-state index contributed by atoms with van der Waals surface area (Å²) in [4.78, 5) is 36.7. The van der Waals surface area contributed by atoms with Crippen LogP contribution < -0.4 is 0 Å². The number of benzene rings is 1. The van der Waals surface area contributed by atoms with E-state index >= 15 is 0 Å². The molecule has 0 fully saturated rings. The summed E-state index contributed by atoms with van der Waals surface area (Å²) < 4.78 is 10.3. The van der Waals surface area contributed by atoms with Crippen molar-refractivity contribution in [3.05, 3.63) is 54.6 Å². The minimum Gasteiger partial charge on any atom is -0.459 e. The van der Waals surface area contributed by atoms with Crippen LogP contribution in [0.3, 0.4) is 0 Å². The van der Waals surface area contributed by atoms with E-state index in [1.54, 1.807) is 26.0 Å². The van der Waals surface area contributed by atoms with Crippen molar-refractivity contribution in [2.75, 3.05) is 0 Å². The third kappa shape index (κ3) is 7.42. The minimum atomic E-state index is -0.500. The lowest BCUT2D eigenvalue weighted by Crippen LogP contribution is -2.17. The van der Waals surface area contributed by atoms with Gasteiger partial charge in [-0.2, -0.15) is 4.99 Å². The molecule has 1 rings (SSSR count). The van der Waals surface area contributed by atoms with Gasteiger partial charge in [-0.15, -0.1) is 0 Å². The number of isocyanates is 1. The maximum atomic E-state index is 11.3. The lowest BCUT2D eigenvalue weighted by atomic mass is 10.0. The second-order valence-electron chi connectivity index (χ2n) is 5.52. The molecule has 0 saturated carbocycles. The number of esters is 2. The molecule has 6 nitrogen and oxygen atoms in total. The molecule has 0 aromatic heterocycles. The van der Waals surface area contributed by atoms with E-state index in [4.69, 9.17) is 9.47 Å². The molecular formula is C19H21NO5. The maximum absolute atomic E-state index is 11.3. The normalized spacial score (nSPS) is 12.2. The van der Waals surface area contributed by atoms with Gasteiger partial charge in [0, 0.05) is 25.0 Å². The standard InChI is InChI=1S/C19H21NO5/c1-5-18(22)24-13(3)7-15-9-16(11-17(10-15)20-12-21)8-14(4)25-19(23)6-2/h5-6,9-11,13-14H,1-2,7-8H2,3-4H3. The smallest absolute Gasteiger partial charge is 0.330 e. The molecular weight excluding hydrogens is 322 g/mol. The SMILES string of the molecule is C=CC(=O)OC(C)Cc1cc(CC(C)OC(=O)C=C)cc(N=C=O)c1. The zero-order chi connectivity index (χ0) is 18.8. The van der Waals surface area contributed by atoms with Crippen molar-refractivity contribution in [2.24, 2.45) is 4.99 Å². The molecule has 0 heterocycles. The van der Waals surface area contributed by atoms with Gasteiger partial charge in [-0.1, -0.05) is 19.2 Å². The molecule has 1 aromatic carbocycles. The number of rotatable bonds is 9. The van der Waals surface area contributed by atoms with Crippen LogP contribution in [0.4, 0.5) is 5.69 Å². The summed E-state index contributed by atoms with van der Waals surface area (Å²) in [6, 6.07) is 5.32. The number of carbonyl (C=O) groups excluding carboxylic acids is 3. The first-order valence-electron chi connectivity index (χ1n) is 7.74. The zero-order valence-corrected chi connectivity index (χ0v) is 14.4. The van der Waals surface area contributed by atoms with E-state index in [2.05, 4.69) is 18.2 Å². The Kier molecular flexibility index (Phi) is 8.03. The van der Waals surface area contributed by atoms with Crippen molar-refractivity contribution in [3.8, 4) is 0 Å². The minimum absolute atomic E-state index is 0.371. The molecule has 0 aliphatic heterocycles. The molecule has 0 N–H and O–H groups in total. The number of hydrogen-bond acceptors (Lipinski definition) is 6. The molecule has 0 saturated heterocycles. The van der Waals surface area contributed by atoms with E-state index in [0.717, 1.165) is 23.3 Å².